The van der Waals surface area contributed by atoms with E-state index in [2.05, 4.69) is 61.6 Å². The van der Waals surface area contributed by atoms with Crippen LogP contribution in [-0.2, 0) is 36.9 Å². The Morgan fingerprint density at radius 1 is 0.750 bits per heavy atom. The summed E-state index contributed by atoms with van der Waals surface area (Å²) in [6, 6.07) is 29.0. The first-order chi connectivity index (χ1) is 29.4. The quantitative estimate of drug-likeness (QED) is 0.0334. The van der Waals surface area contributed by atoms with E-state index in [0.717, 1.165) is 88.9 Å². The molecule has 4 aromatic carbocycles. The van der Waals surface area contributed by atoms with E-state index in [4.69, 9.17) is 19.6 Å². The lowest BCUT2D eigenvalue weighted by Gasteiger charge is -2.28. The van der Waals surface area contributed by atoms with E-state index < -0.39 is 18.2 Å². The number of likely N-dealkylation sites (tertiary alicyclic amines) is 2. The third-order valence-corrected chi connectivity index (χ3v) is 11.2. The van der Waals surface area contributed by atoms with E-state index in [1.807, 2.05) is 77.7 Å². The first kappa shape index (κ1) is 40.0. The molecule has 60 heavy (non-hydrogen) atoms. The van der Waals surface area contributed by atoms with Gasteiger partial charge in [0.05, 0.1) is 48.4 Å². The predicted octanol–water partition coefficient (Wildman–Crippen LogP) is 7.55. The number of alkyl carbamates (subject to hydrolysis) is 1. The maximum absolute atomic E-state index is 13.9. The van der Waals surface area contributed by atoms with Crippen LogP contribution in [0.25, 0.3) is 22.1 Å². The molecule has 0 radical (unpaired) electrons. The first-order valence-corrected chi connectivity index (χ1v) is 20.3. The summed E-state index contributed by atoms with van der Waals surface area (Å²) in [6.45, 7) is 1.18. The molecule has 14 heteroatoms. The molecule has 0 aliphatic carbocycles. The highest BCUT2D eigenvalue weighted by Crippen LogP contribution is 2.36. The van der Waals surface area contributed by atoms with Crippen LogP contribution in [0.1, 0.15) is 83.8 Å². The summed E-state index contributed by atoms with van der Waals surface area (Å²) in [5.74, 6) is 1.18. The van der Waals surface area contributed by atoms with Crippen LogP contribution in [0.4, 0.5) is 4.79 Å². The number of aromatic amines is 2. The smallest absolute Gasteiger partial charge is 0.407 e. The Morgan fingerprint density at radius 3 is 1.82 bits per heavy atom. The van der Waals surface area contributed by atoms with Gasteiger partial charge in [0.15, 0.2) is 6.04 Å². The van der Waals surface area contributed by atoms with Crippen molar-refractivity contribution in [3.05, 3.63) is 143 Å². The maximum atomic E-state index is 13.9. The third kappa shape index (κ3) is 8.78. The highest BCUT2D eigenvalue weighted by molar-refractivity contribution is 5.88. The number of fused-ring (bicyclic) bond motifs is 2. The lowest BCUT2D eigenvalue weighted by Crippen LogP contribution is -2.42. The van der Waals surface area contributed by atoms with Crippen LogP contribution < -0.4 is 5.32 Å². The topological polar surface area (TPSA) is 167 Å². The molecule has 0 saturated carbocycles. The summed E-state index contributed by atoms with van der Waals surface area (Å²) in [6.07, 6.45) is 9.59. The number of nitrogens with zero attached hydrogens (tertiary/aromatic N) is 5. The van der Waals surface area contributed by atoms with Gasteiger partial charge in [-0.2, -0.15) is 4.89 Å². The molecule has 2 aliphatic rings. The zero-order chi connectivity index (χ0) is 41.4. The van der Waals surface area contributed by atoms with Gasteiger partial charge in [-0.1, -0.05) is 84.9 Å². The molecule has 3 N–H and O–H groups in total. The Hall–Kier alpha value is -6.80. The molecule has 4 heterocycles. The molecular formula is C46H48N8O6. The van der Waals surface area contributed by atoms with Crippen molar-refractivity contribution in [2.24, 2.45) is 4.99 Å². The molecule has 2 aromatic heterocycles. The number of imidazole rings is 2. The Labute approximate surface area is 347 Å². The van der Waals surface area contributed by atoms with Gasteiger partial charge in [-0.3, -0.25) is 9.59 Å². The number of carbonyl (C=O) groups excluding carboxylic acids is 3. The summed E-state index contributed by atoms with van der Waals surface area (Å²) in [5.41, 5.74) is 7.27. The van der Waals surface area contributed by atoms with E-state index >= 15 is 0 Å². The number of benzene rings is 4. The lowest BCUT2D eigenvalue weighted by molar-refractivity contribution is -0.188. The summed E-state index contributed by atoms with van der Waals surface area (Å²) < 4.78 is 4.84. The Bertz CT molecular complexity index is 2500. The number of rotatable bonds is 14. The summed E-state index contributed by atoms with van der Waals surface area (Å²) in [5, 5.41) is 2.72. The molecule has 2 fully saturated rings. The fraction of sp³-hybridized carbons (Fsp3) is 0.304. The molecule has 308 valence electrons. The van der Waals surface area contributed by atoms with Crippen molar-refractivity contribution in [3.8, 4) is 0 Å². The van der Waals surface area contributed by atoms with Gasteiger partial charge in [-0.25, -0.2) is 19.8 Å². The SMILES string of the molecule is COOC=N[C@@H](C(=O)N1CCC[C@H]1c1nc2ccc(CC=CCc3ccc4nc([C@@H]5CCCN5C(=O)[C@H](NC(=O)OC)c5ccccc5)[nH]c4c3)cc2[nH]1)c1ccccc1. The van der Waals surface area contributed by atoms with Crippen molar-refractivity contribution in [2.75, 3.05) is 27.3 Å². The van der Waals surface area contributed by atoms with E-state index in [1.165, 1.54) is 20.6 Å². The number of ether oxygens (including phenoxy) is 1. The second-order valence-corrected chi connectivity index (χ2v) is 15.0. The second-order valence-electron chi connectivity index (χ2n) is 15.0. The van der Waals surface area contributed by atoms with Crippen LogP contribution >= 0.6 is 0 Å². The highest BCUT2D eigenvalue weighted by atomic mass is 17.2. The fourth-order valence-corrected chi connectivity index (χ4v) is 8.28. The van der Waals surface area contributed by atoms with Gasteiger partial charge in [-0.15, -0.1) is 0 Å². The predicted molar refractivity (Wildman–Crippen MR) is 227 cm³/mol. The monoisotopic (exact) mass is 808 g/mol. The number of allylic oxidation sites excluding steroid dienone is 2. The van der Waals surface area contributed by atoms with Crippen molar-refractivity contribution < 1.29 is 28.9 Å². The summed E-state index contributed by atoms with van der Waals surface area (Å²) in [7, 11) is 2.68. The number of H-pyrrole nitrogens is 2. The number of aromatic nitrogens is 4. The molecule has 6 aromatic rings. The van der Waals surface area contributed by atoms with Crippen molar-refractivity contribution >= 4 is 46.4 Å². The van der Waals surface area contributed by atoms with Crippen molar-refractivity contribution in [1.29, 1.82) is 0 Å². The number of hydrogen-bond donors (Lipinski definition) is 3. The van der Waals surface area contributed by atoms with Crippen LogP contribution in [0.15, 0.2) is 114 Å². The van der Waals surface area contributed by atoms with Crippen LogP contribution in [0.2, 0.25) is 0 Å². The Balaban J connectivity index is 0.908. The van der Waals surface area contributed by atoms with Crippen LogP contribution in [-0.4, -0.2) is 81.4 Å². The molecule has 2 saturated heterocycles. The van der Waals surface area contributed by atoms with Gasteiger partial charge in [0.25, 0.3) is 11.8 Å². The Kier molecular flexibility index (Phi) is 12.3. The van der Waals surface area contributed by atoms with Crippen LogP contribution in [0, 0.1) is 0 Å². The van der Waals surface area contributed by atoms with E-state index in [9.17, 15) is 14.4 Å². The van der Waals surface area contributed by atoms with E-state index in [1.54, 1.807) is 4.90 Å². The molecule has 14 nitrogen and oxygen atoms in total. The van der Waals surface area contributed by atoms with Gasteiger partial charge in [0.2, 0.25) is 6.40 Å². The number of hydrogen-bond acceptors (Lipinski definition) is 9. The summed E-state index contributed by atoms with van der Waals surface area (Å²) >= 11 is 0. The molecule has 0 unspecified atom stereocenters. The van der Waals surface area contributed by atoms with Crippen molar-refractivity contribution in [3.63, 3.8) is 0 Å². The van der Waals surface area contributed by atoms with Gasteiger partial charge in [0.1, 0.15) is 17.7 Å². The average molecular weight is 809 g/mol. The lowest BCUT2D eigenvalue weighted by atomic mass is 10.1. The fourth-order valence-electron chi connectivity index (χ4n) is 8.28. The minimum atomic E-state index is -0.872. The van der Waals surface area contributed by atoms with Crippen molar-refractivity contribution in [2.45, 2.75) is 62.7 Å². The van der Waals surface area contributed by atoms with Gasteiger partial charge in [-0.05, 0) is 85.0 Å². The minimum Gasteiger partial charge on any atom is -0.453 e. The highest BCUT2D eigenvalue weighted by Gasteiger charge is 2.38. The third-order valence-electron chi connectivity index (χ3n) is 11.2. The van der Waals surface area contributed by atoms with Crippen LogP contribution in [0.5, 0.6) is 0 Å². The summed E-state index contributed by atoms with van der Waals surface area (Å²) in [4.78, 5) is 74.5. The van der Waals surface area contributed by atoms with Crippen molar-refractivity contribution in [1.82, 2.24) is 35.1 Å². The zero-order valence-electron chi connectivity index (χ0n) is 33.6. The standard InChI is InChI=1S/C46H48N8O6/c1-58-46(57)52-41(33-17-7-4-8-18-33)45(56)54-26-12-20-39(54)43-49-35-24-22-31(28-37(35)51-43)14-10-9-13-30-21-23-34-36(27-30)50-42(48-34)38-19-11-25-53(38)44(55)40(47-29-60-59-2)32-15-5-3-6-16-32/h3-10,15-18,21-24,27-29,38-41H,11-14,19-20,25-26H2,1-2H3,(H,48,50)(H,49,51)(H,52,57)/t38-,39-,40+,41+/m0/s1. The molecule has 2 aliphatic heterocycles. The maximum Gasteiger partial charge on any atom is 0.407 e. The first-order valence-electron chi connectivity index (χ1n) is 20.3. The molecule has 0 spiro atoms. The zero-order valence-corrected chi connectivity index (χ0v) is 33.6. The normalized spacial score (nSPS) is 17.8. The number of aliphatic imine (C=N–C) groups is 1. The molecule has 0 bridgehead atoms. The van der Waals surface area contributed by atoms with Crippen LogP contribution in [0.3, 0.4) is 0 Å². The number of amides is 3. The number of carbonyl (C=O) groups is 3. The van der Waals surface area contributed by atoms with Gasteiger partial charge >= 0.3 is 6.09 Å². The van der Waals surface area contributed by atoms with Gasteiger partial charge in [0, 0.05) is 13.1 Å². The molecule has 4 atom stereocenters. The Morgan fingerprint density at radius 2 is 1.28 bits per heavy atom. The number of nitrogens with one attached hydrogen (secondary N) is 3. The van der Waals surface area contributed by atoms with E-state index in [-0.39, 0.29) is 23.9 Å². The van der Waals surface area contributed by atoms with Gasteiger partial charge < -0.3 is 34.7 Å². The number of methoxy groups -OCH3 is 1. The largest absolute Gasteiger partial charge is 0.453 e. The molecular weight excluding hydrogens is 761 g/mol. The second kappa shape index (κ2) is 18.4. The van der Waals surface area contributed by atoms with E-state index in [0.29, 0.717) is 18.7 Å². The molecule has 8 rings (SSSR count). The molecule has 3 amide bonds. The minimum absolute atomic E-state index is 0.117. The average Bonchev–Trinajstić information content (AvgIpc) is 4.12.